The highest BCUT2D eigenvalue weighted by atomic mass is 16.3. The quantitative estimate of drug-likeness (QED) is 0.942. The zero-order chi connectivity index (χ0) is 14.9. The van der Waals surface area contributed by atoms with Crippen LogP contribution in [0.2, 0.25) is 0 Å². The van der Waals surface area contributed by atoms with E-state index in [0.29, 0.717) is 17.6 Å². The van der Waals surface area contributed by atoms with Crippen LogP contribution in [0, 0.1) is 0 Å². The molecule has 0 spiro atoms. The smallest absolute Gasteiger partial charge is 0.132 e. The van der Waals surface area contributed by atoms with Crippen molar-refractivity contribution in [3.8, 4) is 5.75 Å². The van der Waals surface area contributed by atoms with Gasteiger partial charge in [-0.3, -0.25) is 0 Å². The summed E-state index contributed by atoms with van der Waals surface area (Å²) in [4.78, 5) is 11.2. The fourth-order valence-electron chi connectivity index (χ4n) is 3.33. The highest BCUT2D eigenvalue weighted by Gasteiger charge is 2.27. The third kappa shape index (κ3) is 2.78. The number of aromatic nitrogens is 2. The number of rotatable bonds is 3. The summed E-state index contributed by atoms with van der Waals surface area (Å²) in [5.41, 5.74) is 2.55. The van der Waals surface area contributed by atoms with Gasteiger partial charge in [0.15, 0.2) is 0 Å². The van der Waals surface area contributed by atoms with Gasteiger partial charge in [0.25, 0.3) is 0 Å². The van der Waals surface area contributed by atoms with E-state index in [9.17, 15) is 5.11 Å². The lowest BCUT2D eigenvalue weighted by Gasteiger charge is -2.33. The number of nitrogens with zero attached hydrogens (tertiary/aromatic N) is 3. The van der Waals surface area contributed by atoms with Crippen molar-refractivity contribution in [1.82, 2.24) is 9.97 Å². The molecule has 0 atom stereocenters. The van der Waals surface area contributed by atoms with Gasteiger partial charge in [-0.2, -0.15) is 0 Å². The summed E-state index contributed by atoms with van der Waals surface area (Å²) in [5, 5.41) is 9.40. The Labute approximate surface area is 130 Å². The van der Waals surface area contributed by atoms with Crippen molar-refractivity contribution in [2.75, 3.05) is 18.0 Å². The number of phenolic OH excluding ortho intramolecular Hbond substituents is 1. The van der Waals surface area contributed by atoms with Crippen LogP contribution in [0.4, 0.5) is 5.82 Å². The second kappa shape index (κ2) is 5.59. The summed E-state index contributed by atoms with van der Waals surface area (Å²) in [7, 11) is 0. The maximum atomic E-state index is 9.40. The van der Waals surface area contributed by atoms with E-state index in [4.69, 9.17) is 0 Å². The topological polar surface area (TPSA) is 49.2 Å². The number of benzene rings is 1. The average molecular weight is 295 g/mol. The van der Waals surface area contributed by atoms with Crippen LogP contribution in [-0.2, 0) is 0 Å². The molecule has 2 fully saturated rings. The zero-order valence-corrected chi connectivity index (χ0v) is 12.7. The molecule has 0 radical (unpaired) electrons. The van der Waals surface area contributed by atoms with Crippen LogP contribution >= 0.6 is 0 Å². The Kier molecular flexibility index (Phi) is 3.45. The lowest BCUT2D eigenvalue weighted by atomic mass is 9.89. The molecule has 4 heteroatoms. The summed E-state index contributed by atoms with van der Waals surface area (Å²) < 4.78 is 0. The normalized spacial score (nSPS) is 19.4. The van der Waals surface area contributed by atoms with Crippen LogP contribution in [0.25, 0.3) is 0 Å². The van der Waals surface area contributed by atoms with Crippen LogP contribution < -0.4 is 4.90 Å². The summed E-state index contributed by atoms with van der Waals surface area (Å²) in [5.74, 6) is 2.69. The molecule has 1 saturated heterocycles. The van der Waals surface area contributed by atoms with E-state index in [0.717, 1.165) is 31.7 Å². The molecule has 1 N–H and O–H groups in total. The first-order valence-corrected chi connectivity index (χ1v) is 8.15. The van der Waals surface area contributed by atoms with Crippen molar-refractivity contribution in [2.24, 2.45) is 0 Å². The van der Waals surface area contributed by atoms with Crippen molar-refractivity contribution in [3.05, 3.63) is 47.9 Å². The molecule has 1 saturated carbocycles. The van der Waals surface area contributed by atoms with Gasteiger partial charge >= 0.3 is 0 Å². The number of aromatic hydroxyl groups is 1. The third-order valence-electron chi connectivity index (χ3n) is 4.85. The van der Waals surface area contributed by atoms with Gasteiger partial charge in [0.05, 0.1) is 0 Å². The molecule has 1 aromatic heterocycles. The lowest BCUT2D eigenvalue weighted by molar-refractivity contribution is 0.472. The fraction of sp³-hybridized carbons (Fsp3) is 0.444. The molecule has 22 heavy (non-hydrogen) atoms. The van der Waals surface area contributed by atoms with Crippen molar-refractivity contribution < 1.29 is 5.11 Å². The molecule has 2 aliphatic rings. The van der Waals surface area contributed by atoms with Crippen molar-refractivity contribution in [3.63, 3.8) is 0 Å². The predicted molar refractivity (Wildman–Crippen MR) is 86.3 cm³/mol. The number of hydrogen-bond donors (Lipinski definition) is 1. The van der Waals surface area contributed by atoms with Crippen LogP contribution in [0.15, 0.2) is 36.7 Å². The van der Waals surface area contributed by atoms with Crippen molar-refractivity contribution in [2.45, 2.75) is 37.5 Å². The molecule has 0 unspecified atom stereocenters. The lowest BCUT2D eigenvalue weighted by Crippen LogP contribution is -2.33. The summed E-state index contributed by atoms with van der Waals surface area (Å²) in [6, 6.07) is 9.84. The maximum Gasteiger partial charge on any atom is 0.132 e. The predicted octanol–water partition coefficient (Wildman–Crippen LogP) is 3.44. The molecule has 2 heterocycles. The van der Waals surface area contributed by atoms with Gasteiger partial charge in [-0.05, 0) is 49.3 Å². The molecule has 4 rings (SSSR count). The largest absolute Gasteiger partial charge is 0.508 e. The number of anilines is 1. The van der Waals surface area contributed by atoms with Crippen LogP contribution in [0.3, 0.4) is 0 Å². The van der Waals surface area contributed by atoms with Gasteiger partial charge in [-0.15, -0.1) is 0 Å². The van der Waals surface area contributed by atoms with Crippen molar-refractivity contribution in [1.29, 1.82) is 0 Å². The van der Waals surface area contributed by atoms with Gasteiger partial charge in [0.1, 0.15) is 17.9 Å². The minimum atomic E-state index is 0.342. The Balaban J connectivity index is 1.43. The first-order chi connectivity index (χ1) is 10.8. The van der Waals surface area contributed by atoms with Gasteiger partial charge in [0, 0.05) is 30.8 Å². The van der Waals surface area contributed by atoms with E-state index in [1.165, 1.54) is 24.1 Å². The molecule has 1 aliphatic carbocycles. The molecule has 2 aromatic rings. The van der Waals surface area contributed by atoms with E-state index in [-0.39, 0.29) is 0 Å². The highest BCUT2D eigenvalue weighted by Crippen LogP contribution is 2.40. The molecule has 0 bridgehead atoms. The van der Waals surface area contributed by atoms with E-state index >= 15 is 0 Å². The molecule has 1 aliphatic heterocycles. The first-order valence-electron chi connectivity index (χ1n) is 8.15. The number of hydrogen-bond acceptors (Lipinski definition) is 4. The SMILES string of the molecule is Oc1ccc(C2CCN(c3cc(C4CC4)ncn3)CC2)cc1. The Hall–Kier alpha value is -2.10. The third-order valence-corrected chi connectivity index (χ3v) is 4.85. The first kappa shape index (κ1) is 13.6. The Bertz CT molecular complexity index is 644. The highest BCUT2D eigenvalue weighted by molar-refractivity contribution is 5.41. The van der Waals surface area contributed by atoms with E-state index in [2.05, 4.69) is 20.9 Å². The van der Waals surface area contributed by atoms with Gasteiger partial charge < -0.3 is 10.0 Å². The van der Waals surface area contributed by atoms with Gasteiger partial charge in [-0.1, -0.05) is 12.1 Å². The Morgan fingerprint density at radius 3 is 2.32 bits per heavy atom. The minimum absolute atomic E-state index is 0.342. The molecular formula is C18H21N3O. The molecule has 114 valence electrons. The van der Waals surface area contributed by atoms with Crippen molar-refractivity contribution >= 4 is 5.82 Å². The molecule has 1 aromatic carbocycles. The summed E-state index contributed by atoms with van der Waals surface area (Å²) in [6.45, 7) is 2.07. The molecular weight excluding hydrogens is 274 g/mol. The monoisotopic (exact) mass is 295 g/mol. The van der Waals surface area contributed by atoms with E-state index in [1.54, 1.807) is 18.5 Å². The van der Waals surface area contributed by atoms with Gasteiger partial charge in [-0.25, -0.2) is 9.97 Å². The van der Waals surface area contributed by atoms with Crippen LogP contribution in [0.1, 0.15) is 48.8 Å². The van der Waals surface area contributed by atoms with Crippen LogP contribution in [0.5, 0.6) is 5.75 Å². The second-order valence-electron chi connectivity index (χ2n) is 6.43. The maximum absolute atomic E-state index is 9.40. The summed E-state index contributed by atoms with van der Waals surface area (Å²) in [6.07, 6.45) is 6.54. The fourth-order valence-corrected chi connectivity index (χ4v) is 3.33. The van der Waals surface area contributed by atoms with Gasteiger partial charge in [0.2, 0.25) is 0 Å². The van der Waals surface area contributed by atoms with E-state index < -0.39 is 0 Å². The molecule has 0 amide bonds. The average Bonchev–Trinajstić information content (AvgIpc) is 3.41. The second-order valence-corrected chi connectivity index (χ2v) is 6.43. The zero-order valence-electron chi connectivity index (χ0n) is 12.7. The number of phenols is 1. The Morgan fingerprint density at radius 1 is 0.909 bits per heavy atom. The minimum Gasteiger partial charge on any atom is -0.508 e. The number of piperidine rings is 1. The standard InChI is InChI=1S/C18H21N3O/c22-16-5-3-13(4-6-16)14-7-9-21(10-8-14)18-11-17(15-1-2-15)19-12-20-18/h3-6,11-12,14-15,22H,1-2,7-10H2. The molecule has 4 nitrogen and oxygen atoms in total. The summed E-state index contributed by atoms with van der Waals surface area (Å²) >= 11 is 0. The Morgan fingerprint density at radius 2 is 1.64 bits per heavy atom. The van der Waals surface area contributed by atoms with Crippen LogP contribution in [-0.4, -0.2) is 28.2 Å². The van der Waals surface area contributed by atoms with E-state index in [1.807, 2.05) is 12.1 Å².